The minimum absolute atomic E-state index is 0.614. The maximum Gasteiger partial charge on any atom is 0.0157 e. The highest BCUT2D eigenvalue weighted by Gasteiger charge is 2.14. The zero-order valence-electron chi connectivity index (χ0n) is 11.9. The highest BCUT2D eigenvalue weighted by atomic mass is 32.2. The van der Waals surface area contributed by atoms with Gasteiger partial charge >= 0.3 is 0 Å². The second kappa shape index (κ2) is 9.32. The van der Waals surface area contributed by atoms with Crippen LogP contribution in [0.15, 0.2) is 0 Å². The lowest BCUT2D eigenvalue weighted by molar-refractivity contribution is 0.199. The highest BCUT2D eigenvalue weighted by Crippen LogP contribution is 2.11. The molecule has 1 N–H and O–H groups in total. The Kier molecular flexibility index (Phi) is 9.47. The molecule has 0 aliphatic rings. The van der Waals surface area contributed by atoms with Crippen molar-refractivity contribution in [3.63, 3.8) is 0 Å². The van der Waals surface area contributed by atoms with Crippen molar-refractivity contribution in [3.05, 3.63) is 0 Å². The van der Waals surface area contributed by atoms with Gasteiger partial charge in [-0.05, 0) is 46.5 Å². The maximum atomic E-state index is 3.47. The van der Waals surface area contributed by atoms with Crippen molar-refractivity contribution in [2.75, 3.05) is 25.6 Å². The molecule has 0 fully saturated rings. The van der Waals surface area contributed by atoms with Crippen molar-refractivity contribution in [2.24, 2.45) is 0 Å². The third-order valence-corrected chi connectivity index (χ3v) is 3.97. The van der Waals surface area contributed by atoms with Crippen LogP contribution in [0, 0.1) is 0 Å². The highest BCUT2D eigenvalue weighted by molar-refractivity contribution is 7.98. The van der Waals surface area contributed by atoms with E-state index >= 15 is 0 Å². The SMILES string of the molecule is CSCC(C)N(C)C(C)CCCNC(C)C. The van der Waals surface area contributed by atoms with E-state index in [0.29, 0.717) is 18.1 Å². The molecule has 16 heavy (non-hydrogen) atoms. The van der Waals surface area contributed by atoms with Crippen molar-refractivity contribution >= 4 is 11.8 Å². The van der Waals surface area contributed by atoms with E-state index in [4.69, 9.17) is 0 Å². The average molecular weight is 246 g/mol. The third-order valence-electron chi connectivity index (χ3n) is 3.15. The summed E-state index contributed by atoms with van der Waals surface area (Å²) >= 11 is 1.93. The smallest absolute Gasteiger partial charge is 0.0157 e. The summed E-state index contributed by atoms with van der Waals surface area (Å²) in [5.41, 5.74) is 0. The molecular formula is C13H30N2S. The number of nitrogens with one attached hydrogen (secondary N) is 1. The summed E-state index contributed by atoms with van der Waals surface area (Å²) in [4.78, 5) is 2.51. The van der Waals surface area contributed by atoms with Crippen LogP contribution < -0.4 is 5.32 Å². The number of nitrogens with zero attached hydrogens (tertiary/aromatic N) is 1. The van der Waals surface area contributed by atoms with Gasteiger partial charge in [-0.25, -0.2) is 0 Å². The topological polar surface area (TPSA) is 15.3 Å². The van der Waals surface area contributed by atoms with Gasteiger partial charge in [-0.15, -0.1) is 0 Å². The summed E-state index contributed by atoms with van der Waals surface area (Å²) in [6, 6.07) is 1.99. The zero-order valence-corrected chi connectivity index (χ0v) is 12.7. The fourth-order valence-corrected chi connectivity index (χ4v) is 2.50. The van der Waals surface area contributed by atoms with Crippen molar-refractivity contribution in [2.45, 2.75) is 58.7 Å². The summed E-state index contributed by atoms with van der Waals surface area (Å²) in [6.07, 6.45) is 4.74. The van der Waals surface area contributed by atoms with E-state index in [1.165, 1.54) is 18.6 Å². The summed E-state index contributed by atoms with van der Waals surface area (Å²) < 4.78 is 0. The molecule has 0 amide bonds. The Balaban J connectivity index is 3.66. The first kappa shape index (κ1) is 16.3. The second-order valence-corrected chi connectivity index (χ2v) is 5.98. The van der Waals surface area contributed by atoms with Gasteiger partial charge in [0.25, 0.3) is 0 Å². The summed E-state index contributed by atoms with van der Waals surface area (Å²) in [6.45, 7) is 10.2. The third kappa shape index (κ3) is 7.53. The van der Waals surface area contributed by atoms with Crippen LogP contribution in [0.4, 0.5) is 0 Å². The molecule has 2 atom stereocenters. The molecule has 2 unspecified atom stereocenters. The van der Waals surface area contributed by atoms with E-state index < -0.39 is 0 Å². The van der Waals surface area contributed by atoms with E-state index in [9.17, 15) is 0 Å². The first-order valence-corrected chi connectivity index (χ1v) is 7.82. The molecule has 0 rings (SSSR count). The number of hydrogen-bond acceptors (Lipinski definition) is 3. The van der Waals surface area contributed by atoms with Gasteiger partial charge in [0.15, 0.2) is 0 Å². The molecule has 0 aromatic heterocycles. The molecule has 0 aromatic carbocycles. The van der Waals surface area contributed by atoms with Crippen molar-refractivity contribution in [1.82, 2.24) is 10.2 Å². The standard InChI is InChI=1S/C13H30N2S/c1-11(2)14-9-7-8-12(3)15(5)13(4)10-16-6/h11-14H,7-10H2,1-6H3. The largest absolute Gasteiger partial charge is 0.315 e. The molecule has 0 bridgehead atoms. The average Bonchev–Trinajstić information content (AvgIpc) is 2.23. The first-order chi connectivity index (χ1) is 7.49. The lowest BCUT2D eigenvalue weighted by atomic mass is 10.1. The fourth-order valence-electron chi connectivity index (χ4n) is 1.79. The Morgan fingerprint density at radius 3 is 2.25 bits per heavy atom. The number of thioether (sulfide) groups is 1. The van der Waals surface area contributed by atoms with Gasteiger partial charge in [-0.2, -0.15) is 11.8 Å². The van der Waals surface area contributed by atoms with Gasteiger partial charge in [0, 0.05) is 23.9 Å². The molecule has 0 aliphatic carbocycles. The predicted octanol–water partition coefficient (Wildman–Crippen LogP) is 2.84. The number of rotatable bonds is 9. The molecule has 2 nitrogen and oxygen atoms in total. The Hall–Kier alpha value is 0.270. The molecule has 0 aromatic rings. The van der Waals surface area contributed by atoms with Gasteiger partial charge in [0.05, 0.1) is 0 Å². The van der Waals surface area contributed by atoms with Gasteiger partial charge < -0.3 is 10.2 Å². The summed E-state index contributed by atoms with van der Waals surface area (Å²) in [5, 5.41) is 3.47. The molecule has 3 heteroatoms. The van der Waals surface area contributed by atoms with Crippen molar-refractivity contribution < 1.29 is 0 Å². The van der Waals surface area contributed by atoms with E-state index in [1.807, 2.05) is 11.8 Å². The van der Waals surface area contributed by atoms with Crippen LogP contribution in [0.3, 0.4) is 0 Å². The van der Waals surface area contributed by atoms with Crippen LogP contribution in [0.25, 0.3) is 0 Å². The van der Waals surface area contributed by atoms with Gasteiger partial charge in [0.1, 0.15) is 0 Å². The normalized spacial score (nSPS) is 15.8. The Morgan fingerprint density at radius 2 is 1.75 bits per heavy atom. The minimum atomic E-state index is 0.614. The van der Waals surface area contributed by atoms with Crippen LogP contribution in [0.2, 0.25) is 0 Å². The monoisotopic (exact) mass is 246 g/mol. The molecule has 0 aliphatic heterocycles. The Bertz CT molecular complexity index is 162. The van der Waals surface area contributed by atoms with Crippen LogP contribution in [-0.2, 0) is 0 Å². The van der Waals surface area contributed by atoms with E-state index in [0.717, 1.165) is 6.54 Å². The van der Waals surface area contributed by atoms with Crippen LogP contribution in [0.5, 0.6) is 0 Å². The zero-order chi connectivity index (χ0) is 12.6. The van der Waals surface area contributed by atoms with Crippen molar-refractivity contribution in [3.8, 4) is 0 Å². The molecule has 0 saturated heterocycles. The van der Waals surface area contributed by atoms with Gasteiger partial charge in [0.2, 0.25) is 0 Å². The maximum absolute atomic E-state index is 3.47. The lowest BCUT2D eigenvalue weighted by Gasteiger charge is -2.30. The quantitative estimate of drug-likeness (QED) is 0.630. The van der Waals surface area contributed by atoms with E-state index in [2.05, 4.69) is 51.2 Å². The van der Waals surface area contributed by atoms with E-state index in [1.54, 1.807) is 0 Å². The van der Waals surface area contributed by atoms with Crippen molar-refractivity contribution in [1.29, 1.82) is 0 Å². The van der Waals surface area contributed by atoms with Crippen LogP contribution >= 0.6 is 11.8 Å². The molecular weight excluding hydrogens is 216 g/mol. The van der Waals surface area contributed by atoms with Crippen LogP contribution in [0.1, 0.15) is 40.5 Å². The van der Waals surface area contributed by atoms with Crippen LogP contribution in [-0.4, -0.2) is 48.6 Å². The predicted molar refractivity (Wildman–Crippen MR) is 77.4 cm³/mol. The first-order valence-electron chi connectivity index (χ1n) is 6.43. The molecule has 0 saturated carbocycles. The summed E-state index contributed by atoms with van der Waals surface area (Å²) in [5.74, 6) is 1.23. The fraction of sp³-hybridized carbons (Fsp3) is 1.00. The Labute approximate surface area is 107 Å². The molecule has 0 spiro atoms. The summed E-state index contributed by atoms with van der Waals surface area (Å²) in [7, 11) is 2.25. The molecule has 98 valence electrons. The second-order valence-electron chi connectivity index (χ2n) is 5.07. The number of hydrogen-bond donors (Lipinski definition) is 1. The lowest BCUT2D eigenvalue weighted by Crippen LogP contribution is -2.38. The minimum Gasteiger partial charge on any atom is -0.315 e. The van der Waals surface area contributed by atoms with E-state index in [-0.39, 0.29) is 0 Å². The van der Waals surface area contributed by atoms with Gasteiger partial charge in [-0.1, -0.05) is 13.8 Å². The van der Waals surface area contributed by atoms with Gasteiger partial charge in [-0.3, -0.25) is 0 Å². The Morgan fingerprint density at radius 1 is 1.12 bits per heavy atom. The molecule has 0 heterocycles. The molecule has 0 radical (unpaired) electrons.